The Morgan fingerprint density at radius 2 is 2.00 bits per heavy atom. The molecule has 0 amide bonds. The molecule has 0 radical (unpaired) electrons. The predicted octanol–water partition coefficient (Wildman–Crippen LogP) is 2.98. The van der Waals surface area contributed by atoms with Gasteiger partial charge in [-0.2, -0.15) is 13.5 Å². The second-order valence-electron chi connectivity index (χ2n) is 4.78. The standard InChI is InChI=1S/C13H10Cl2F3N3O3/c1-6-19-21(12(23)20(6)11(17)18)9-5-7(3-4-8(9)16)24-10(22)13(2,14)15/h3-5,11H,1-2H3. The van der Waals surface area contributed by atoms with Crippen LogP contribution in [0.15, 0.2) is 23.0 Å². The molecule has 130 valence electrons. The van der Waals surface area contributed by atoms with Gasteiger partial charge in [0.15, 0.2) is 0 Å². The van der Waals surface area contributed by atoms with Gasteiger partial charge in [-0.1, -0.05) is 23.2 Å². The summed E-state index contributed by atoms with van der Waals surface area (Å²) in [5.41, 5.74) is -1.72. The maximum absolute atomic E-state index is 14.0. The molecule has 0 N–H and O–H groups in total. The molecular formula is C13H10Cl2F3N3O3. The zero-order valence-electron chi connectivity index (χ0n) is 12.3. The molecule has 6 nitrogen and oxygen atoms in total. The van der Waals surface area contributed by atoms with E-state index in [0.29, 0.717) is 4.68 Å². The Hall–Kier alpha value is -2.00. The van der Waals surface area contributed by atoms with Gasteiger partial charge < -0.3 is 4.74 Å². The molecule has 0 aliphatic rings. The normalized spacial score (nSPS) is 11.8. The topological polar surface area (TPSA) is 66.1 Å². The van der Waals surface area contributed by atoms with E-state index in [2.05, 4.69) is 5.10 Å². The highest BCUT2D eigenvalue weighted by Gasteiger charge is 2.30. The molecule has 0 unspecified atom stereocenters. The number of hydrogen-bond acceptors (Lipinski definition) is 4. The van der Waals surface area contributed by atoms with Gasteiger partial charge in [0.25, 0.3) is 0 Å². The molecule has 0 saturated carbocycles. The maximum atomic E-state index is 14.0. The molecule has 0 atom stereocenters. The summed E-state index contributed by atoms with van der Waals surface area (Å²) < 4.78 is 43.1. The minimum absolute atomic E-state index is 0.0900. The van der Waals surface area contributed by atoms with Gasteiger partial charge >= 0.3 is 18.2 Å². The van der Waals surface area contributed by atoms with Crippen LogP contribution in [0.4, 0.5) is 13.2 Å². The van der Waals surface area contributed by atoms with Crippen LogP contribution in [0.3, 0.4) is 0 Å². The lowest BCUT2D eigenvalue weighted by Gasteiger charge is -2.12. The van der Waals surface area contributed by atoms with E-state index in [1.165, 1.54) is 6.92 Å². The van der Waals surface area contributed by atoms with E-state index in [1.54, 1.807) is 0 Å². The van der Waals surface area contributed by atoms with Gasteiger partial charge in [-0.3, -0.25) is 0 Å². The first kappa shape index (κ1) is 18.3. The van der Waals surface area contributed by atoms with Crippen LogP contribution >= 0.6 is 23.2 Å². The SMILES string of the molecule is Cc1nn(-c2cc(OC(=O)C(C)(Cl)Cl)ccc2F)c(=O)n1C(F)F. The molecule has 2 aromatic rings. The quantitative estimate of drug-likeness (QED) is 0.462. The van der Waals surface area contributed by atoms with Crippen molar-refractivity contribution in [3.63, 3.8) is 0 Å². The van der Waals surface area contributed by atoms with Crippen LogP contribution in [-0.2, 0) is 4.79 Å². The largest absolute Gasteiger partial charge is 0.424 e. The number of halogens is 5. The minimum atomic E-state index is -3.14. The van der Waals surface area contributed by atoms with Gasteiger partial charge in [-0.25, -0.2) is 18.5 Å². The fourth-order valence-corrected chi connectivity index (χ4v) is 1.85. The fourth-order valence-electron chi connectivity index (χ4n) is 1.77. The first-order chi connectivity index (χ1) is 11.0. The number of benzene rings is 1. The molecule has 1 aromatic heterocycles. The van der Waals surface area contributed by atoms with Crippen LogP contribution in [0, 0.1) is 12.7 Å². The average molecular weight is 384 g/mol. The number of carbonyl (C=O) groups excluding carboxylic acids is 1. The highest BCUT2D eigenvalue weighted by Crippen LogP contribution is 2.25. The summed E-state index contributed by atoms with van der Waals surface area (Å²) in [5, 5.41) is 3.59. The third kappa shape index (κ3) is 3.57. The average Bonchev–Trinajstić information content (AvgIpc) is 2.74. The lowest BCUT2D eigenvalue weighted by Crippen LogP contribution is -2.27. The summed E-state index contributed by atoms with van der Waals surface area (Å²) in [5.74, 6) is -2.48. The lowest BCUT2D eigenvalue weighted by molar-refractivity contribution is -0.134. The Morgan fingerprint density at radius 3 is 2.50 bits per heavy atom. The second-order valence-corrected chi connectivity index (χ2v) is 6.49. The van der Waals surface area contributed by atoms with Gasteiger partial charge in [-0.15, -0.1) is 5.10 Å². The number of ether oxygens (including phenoxy) is 1. The van der Waals surface area contributed by atoms with E-state index in [4.69, 9.17) is 27.9 Å². The third-order valence-corrected chi connectivity index (χ3v) is 3.20. The fraction of sp³-hybridized carbons (Fsp3) is 0.308. The molecule has 24 heavy (non-hydrogen) atoms. The predicted molar refractivity (Wildman–Crippen MR) is 79.5 cm³/mol. The van der Waals surface area contributed by atoms with Gasteiger partial charge in [0.1, 0.15) is 23.1 Å². The minimum Gasteiger partial charge on any atom is -0.424 e. The number of hydrogen-bond donors (Lipinski definition) is 0. The Balaban J connectivity index is 2.49. The molecule has 2 rings (SSSR count). The number of aryl methyl sites for hydroxylation is 1. The van der Waals surface area contributed by atoms with E-state index in [1.807, 2.05) is 0 Å². The molecule has 0 bridgehead atoms. The monoisotopic (exact) mass is 383 g/mol. The Labute approximate surface area is 143 Å². The van der Waals surface area contributed by atoms with Crippen molar-refractivity contribution in [2.45, 2.75) is 24.7 Å². The molecule has 11 heteroatoms. The summed E-state index contributed by atoms with van der Waals surface area (Å²) in [7, 11) is 0. The molecular weight excluding hydrogens is 374 g/mol. The number of carbonyl (C=O) groups is 1. The summed E-state index contributed by atoms with van der Waals surface area (Å²) in [4.78, 5) is 23.6. The van der Waals surface area contributed by atoms with Gasteiger partial charge in [0, 0.05) is 6.07 Å². The first-order valence-corrected chi connectivity index (χ1v) is 7.14. The molecule has 0 aliphatic heterocycles. The van der Waals surface area contributed by atoms with Crippen LogP contribution in [-0.4, -0.2) is 24.7 Å². The van der Waals surface area contributed by atoms with E-state index in [-0.39, 0.29) is 16.1 Å². The zero-order chi connectivity index (χ0) is 18.2. The Kier molecular flexibility index (Phi) is 4.95. The van der Waals surface area contributed by atoms with Crippen LogP contribution < -0.4 is 10.4 Å². The first-order valence-electron chi connectivity index (χ1n) is 6.38. The smallest absolute Gasteiger partial charge is 0.355 e. The van der Waals surface area contributed by atoms with Crippen LogP contribution in [0.25, 0.3) is 5.69 Å². The highest BCUT2D eigenvalue weighted by molar-refractivity contribution is 6.57. The van der Waals surface area contributed by atoms with Crippen LogP contribution in [0.5, 0.6) is 5.75 Å². The van der Waals surface area contributed by atoms with Crippen molar-refractivity contribution in [2.24, 2.45) is 0 Å². The van der Waals surface area contributed by atoms with Crippen LogP contribution in [0.2, 0.25) is 0 Å². The number of alkyl halides is 4. The van der Waals surface area contributed by atoms with Crippen molar-refractivity contribution in [2.75, 3.05) is 0 Å². The lowest BCUT2D eigenvalue weighted by atomic mass is 10.3. The van der Waals surface area contributed by atoms with E-state index in [9.17, 15) is 22.8 Å². The maximum Gasteiger partial charge on any atom is 0.355 e. The molecule has 1 heterocycles. The molecule has 0 aliphatic carbocycles. The molecule has 0 saturated heterocycles. The third-order valence-electron chi connectivity index (χ3n) is 2.89. The van der Waals surface area contributed by atoms with Gasteiger partial charge in [0.05, 0.1) is 0 Å². The van der Waals surface area contributed by atoms with Gasteiger partial charge in [0.2, 0.25) is 4.33 Å². The van der Waals surface area contributed by atoms with Gasteiger partial charge in [-0.05, 0) is 26.0 Å². The summed E-state index contributed by atoms with van der Waals surface area (Å²) in [6.45, 7) is -0.803. The van der Waals surface area contributed by atoms with Crippen molar-refractivity contribution >= 4 is 29.2 Å². The number of esters is 1. The Morgan fingerprint density at radius 1 is 1.38 bits per heavy atom. The molecule has 1 aromatic carbocycles. The van der Waals surface area contributed by atoms with E-state index in [0.717, 1.165) is 25.1 Å². The summed E-state index contributed by atoms with van der Waals surface area (Å²) >= 11 is 11.1. The van der Waals surface area contributed by atoms with Crippen molar-refractivity contribution in [3.8, 4) is 11.4 Å². The molecule has 0 fully saturated rings. The summed E-state index contributed by atoms with van der Waals surface area (Å²) in [6.07, 6.45) is 0. The summed E-state index contributed by atoms with van der Waals surface area (Å²) in [6, 6.07) is 2.90. The second kappa shape index (κ2) is 6.48. The van der Waals surface area contributed by atoms with Crippen molar-refractivity contribution in [1.29, 1.82) is 0 Å². The number of nitrogens with zero attached hydrogens (tertiary/aromatic N) is 3. The number of rotatable bonds is 4. The molecule has 0 spiro atoms. The van der Waals surface area contributed by atoms with Crippen molar-refractivity contribution < 1.29 is 22.7 Å². The van der Waals surface area contributed by atoms with Crippen molar-refractivity contribution in [3.05, 3.63) is 40.3 Å². The van der Waals surface area contributed by atoms with E-state index < -0.39 is 34.0 Å². The Bertz CT molecular complexity index is 843. The highest BCUT2D eigenvalue weighted by atomic mass is 35.5. The number of aromatic nitrogens is 3. The van der Waals surface area contributed by atoms with E-state index >= 15 is 0 Å². The van der Waals surface area contributed by atoms with Crippen molar-refractivity contribution in [1.82, 2.24) is 14.3 Å². The van der Waals surface area contributed by atoms with Crippen LogP contribution in [0.1, 0.15) is 19.3 Å². The zero-order valence-corrected chi connectivity index (χ0v) is 13.8.